The third kappa shape index (κ3) is 3.01. The molecule has 1 N–H and O–H groups in total. The molecular formula is C18H16BrN3O2. The first-order chi connectivity index (χ1) is 11.7. The van der Waals surface area contributed by atoms with Gasteiger partial charge < -0.3 is 14.6 Å². The lowest BCUT2D eigenvalue weighted by atomic mass is 10.1. The Kier molecular flexibility index (Phi) is 3.98. The van der Waals surface area contributed by atoms with Gasteiger partial charge in [-0.25, -0.2) is 4.98 Å². The molecule has 1 aliphatic heterocycles. The van der Waals surface area contributed by atoms with Gasteiger partial charge in [0.2, 0.25) is 5.88 Å². The molecule has 0 unspecified atom stereocenters. The highest BCUT2D eigenvalue weighted by atomic mass is 79.9. The third-order valence-corrected chi connectivity index (χ3v) is 4.69. The van der Waals surface area contributed by atoms with E-state index in [1.54, 1.807) is 6.20 Å². The van der Waals surface area contributed by atoms with Gasteiger partial charge in [-0.3, -0.25) is 4.79 Å². The van der Waals surface area contributed by atoms with Gasteiger partial charge in [-0.2, -0.15) is 0 Å². The average molecular weight is 386 g/mol. The summed E-state index contributed by atoms with van der Waals surface area (Å²) in [6, 6.07) is 11.5. The maximum atomic E-state index is 12.7. The van der Waals surface area contributed by atoms with E-state index in [4.69, 9.17) is 4.74 Å². The molecule has 0 bridgehead atoms. The monoisotopic (exact) mass is 385 g/mol. The van der Waals surface area contributed by atoms with Crippen molar-refractivity contribution in [2.24, 2.45) is 0 Å². The minimum absolute atomic E-state index is 0.0168. The summed E-state index contributed by atoms with van der Waals surface area (Å²) < 4.78 is 6.79. The van der Waals surface area contributed by atoms with Crippen molar-refractivity contribution in [1.29, 1.82) is 0 Å². The van der Waals surface area contributed by atoms with E-state index in [1.807, 2.05) is 47.5 Å². The number of pyridine rings is 1. The van der Waals surface area contributed by atoms with Crippen LogP contribution < -0.4 is 4.74 Å². The number of nitrogens with zero attached hydrogens (tertiary/aromatic N) is 2. The van der Waals surface area contributed by atoms with Crippen molar-refractivity contribution in [3.63, 3.8) is 0 Å². The first kappa shape index (κ1) is 15.2. The van der Waals surface area contributed by atoms with Crippen molar-refractivity contribution in [2.45, 2.75) is 12.5 Å². The van der Waals surface area contributed by atoms with Crippen LogP contribution in [0.25, 0.3) is 10.9 Å². The van der Waals surface area contributed by atoms with Crippen LogP contribution in [-0.2, 0) is 0 Å². The smallest absolute Gasteiger partial charge is 0.254 e. The first-order valence-electron chi connectivity index (χ1n) is 7.84. The zero-order chi connectivity index (χ0) is 16.5. The summed E-state index contributed by atoms with van der Waals surface area (Å²) in [6.07, 6.45) is 4.38. The maximum Gasteiger partial charge on any atom is 0.254 e. The van der Waals surface area contributed by atoms with Crippen LogP contribution >= 0.6 is 15.9 Å². The van der Waals surface area contributed by atoms with Gasteiger partial charge in [-0.15, -0.1) is 0 Å². The Hall–Kier alpha value is -2.34. The molecule has 24 heavy (non-hydrogen) atoms. The molecule has 0 radical (unpaired) electrons. The summed E-state index contributed by atoms with van der Waals surface area (Å²) in [7, 11) is 0. The number of carbonyl (C=O) groups is 1. The van der Waals surface area contributed by atoms with Crippen LogP contribution in [-0.4, -0.2) is 40.0 Å². The Morgan fingerprint density at radius 2 is 2.21 bits per heavy atom. The molecule has 5 nitrogen and oxygen atoms in total. The number of amides is 1. The number of ether oxygens (including phenoxy) is 1. The molecule has 1 fully saturated rings. The Balaban J connectivity index is 1.43. The van der Waals surface area contributed by atoms with E-state index in [2.05, 4.69) is 25.9 Å². The largest absolute Gasteiger partial charge is 0.472 e. The van der Waals surface area contributed by atoms with Gasteiger partial charge in [-0.05, 0) is 45.6 Å². The SMILES string of the molecule is O=C(c1ccc2cc[nH]c2c1)N1CC[C@H](Oc2ccc(Br)cn2)C1. The highest BCUT2D eigenvalue weighted by Gasteiger charge is 2.28. The van der Waals surface area contributed by atoms with Gasteiger partial charge in [0.1, 0.15) is 6.10 Å². The van der Waals surface area contributed by atoms with Gasteiger partial charge in [-0.1, -0.05) is 6.07 Å². The lowest BCUT2D eigenvalue weighted by Crippen LogP contribution is -2.31. The van der Waals surface area contributed by atoms with Crippen molar-refractivity contribution < 1.29 is 9.53 Å². The highest BCUT2D eigenvalue weighted by Crippen LogP contribution is 2.21. The van der Waals surface area contributed by atoms with Crippen LogP contribution in [0.1, 0.15) is 16.8 Å². The topological polar surface area (TPSA) is 58.2 Å². The Morgan fingerprint density at radius 3 is 3.04 bits per heavy atom. The van der Waals surface area contributed by atoms with E-state index in [0.717, 1.165) is 21.8 Å². The molecule has 0 aliphatic carbocycles. The van der Waals surface area contributed by atoms with Gasteiger partial charge >= 0.3 is 0 Å². The molecule has 1 atom stereocenters. The van der Waals surface area contributed by atoms with Crippen molar-refractivity contribution >= 4 is 32.7 Å². The summed E-state index contributed by atoms with van der Waals surface area (Å²) in [4.78, 5) is 21.9. The van der Waals surface area contributed by atoms with E-state index >= 15 is 0 Å². The van der Waals surface area contributed by atoms with Crippen LogP contribution in [0.5, 0.6) is 5.88 Å². The number of aromatic amines is 1. The number of carbonyl (C=O) groups excluding carboxylic acids is 1. The summed E-state index contributed by atoms with van der Waals surface area (Å²) in [5.41, 5.74) is 1.68. The average Bonchev–Trinajstić information content (AvgIpc) is 3.24. The van der Waals surface area contributed by atoms with E-state index in [-0.39, 0.29) is 12.0 Å². The zero-order valence-corrected chi connectivity index (χ0v) is 14.5. The van der Waals surface area contributed by atoms with Gasteiger partial charge in [0, 0.05) is 47.0 Å². The molecule has 122 valence electrons. The number of aromatic nitrogens is 2. The molecule has 1 amide bonds. The van der Waals surface area contributed by atoms with Crippen molar-refractivity contribution in [3.05, 3.63) is 58.8 Å². The second-order valence-corrected chi connectivity index (χ2v) is 6.79. The summed E-state index contributed by atoms with van der Waals surface area (Å²) in [5.74, 6) is 0.631. The number of benzene rings is 1. The standard InChI is InChI=1S/C18H16BrN3O2/c19-14-3-4-17(21-10-14)24-15-6-8-22(11-15)18(23)13-2-1-12-5-7-20-16(12)9-13/h1-5,7,9-10,15,20H,6,8,11H2/t15-/m0/s1. The molecule has 2 aromatic heterocycles. The number of halogens is 1. The normalized spacial score (nSPS) is 17.4. The van der Waals surface area contributed by atoms with Crippen LogP contribution in [0.15, 0.2) is 53.3 Å². The fraction of sp³-hybridized carbons (Fsp3) is 0.222. The minimum atomic E-state index is -0.0168. The molecular weight excluding hydrogens is 370 g/mol. The van der Waals surface area contributed by atoms with E-state index in [0.29, 0.717) is 24.5 Å². The second-order valence-electron chi connectivity index (χ2n) is 5.87. The number of likely N-dealkylation sites (tertiary alicyclic amines) is 1. The molecule has 0 saturated carbocycles. The van der Waals surface area contributed by atoms with Crippen LogP contribution in [0.3, 0.4) is 0 Å². The minimum Gasteiger partial charge on any atom is -0.472 e. The first-order valence-corrected chi connectivity index (χ1v) is 8.63. The number of rotatable bonds is 3. The van der Waals surface area contributed by atoms with Gasteiger partial charge in [0.15, 0.2) is 0 Å². The molecule has 1 aromatic carbocycles. The third-order valence-electron chi connectivity index (χ3n) is 4.22. The summed E-state index contributed by atoms with van der Waals surface area (Å²) in [5, 5.41) is 1.11. The van der Waals surface area contributed by atoms with Crippen molar-refractivity contribution in [3.8, 4) is 5.88 Å². The fourth-order valence-corrected chi connectivity index (χ4v) is 3.21. The van der Waals surface area contributed by atoms with Crippen LogP contribution in [0.4, 0.5) is 0 Å². The Bertz CT molecular complexity index is 875. The van der Waals surface area contributed by atoms with Crippen LogP contribution in [0.2, 0.25) is 0 Å². The molecule has 1 saturated heterocycles. The van der Waals surface area contributed by atoms with E-state index < -0.39 is 0 Å². The quantitative estimate of drug-likeness (QED) is 0.748. The number of hydrogen-bond donors (Lipinski definition) is 1. The predicted molar refractivity (Wildman–Crippen MR) is 95.2 cm³/mol. The molecule has 6 heteroatoms. The van der Waals surface area contributed by atoms with Crippen molar-refractivity contribution in [2.75, 3.05) is 13.1 Å². The number of nitrogens with one attached hydrogen (secondary N) is 1. The molecule has 1 aliphatic rings. The summed E-state index contributed by atoms with van der Waals surface area (Å²) >= 11 is 3.35. The number of fused-ring (bicyclic) bond motifs is 1. The molecule has 0 spiro atoms. The Morgan fingerprint density at radius 1 is 1.29 bits per heavy atom. The molecule has 4 rings (SSSR count). The number of H-pyrrole nitrogens is 1. The van der Waals surface area contributed by atoms with Gasteiger partial charge in [0.05, 0.1) is 6.54 Å². The summed E-state index contributed by atoms with van der Waals surface area (Å²) in [6.45, 7) is 1.28. The molecule has 3 aromatic rings. The second kappa shape index (κ2) is 6.28. The van der Waals surface area contributed by atoms with E-state index in [9.17, 15) is 4.79 Å². The predicted octanol–water partition coefficient (Wildman–Crippen LogP) is 3.62. The zero-order valence-electron chi connectivity index (χ0n) is 12.9. The Labute approximate surface area is 147 Å². The fourth-order valence-electron chi connectivity index (χ4n) is 2.98. The van der Waals surface area contributed by atoms with E-state index in [1.165, 1.54) is 0 Å². The van der Waals surface area contributed by atoms with Crippen LogP contribution in [0, 0.1) is 0 Å². The lowest BCUT2D eigenvalue weighted by Gasteiger charge is -2.17. The molecule has 3 heterocycles. The van der Waals surface area contributed by atoms with Gasteiger partial charge in [0.25, 0.3) is 5.91 Å². The maximum absolute atomic E-state index is 12.7. The van der Waals surface area contributed by atoms with Crippen molar-refractivity contribution in [1.82, 2.24) is 14.9 Å². The lowest BCUT2D eigenvalue weighted by molar-refractivity contribution is 0.0771. The highest BCUT2D eigenvalue weighted by molar-refractivity contribution is 9.10. The number of hydrogen-bond acceptors (Lipinski definition) is 3.